The molecule has 3 aromatic rings. The first-order valence-electron chi connectivity index (χ1n) is 9.05. The van der Waals surface area contributed by atoms with Crippen LogP contribution in [0.4, 0.5) is 5.69 Å². The van der Waals surface area contributed by atoms with Gasteiger partial charge in [0.2, 0.25) is 0 Å². The average molecular weight is 486 g/mol. The Morgan fingerprint density at radius 3 is 2.30 bits per heavy atom. The van der Waals surface area contributed by atoms with Crippen LogP contribution >= 0.6 is 27.7 Å². The zero-order valence-corrected chi connectivity index (χ0v) is 18.9. The van der Waals surface area contributed by atoms with Crippen molar-refractivity contribution in [1.29, 1.82) is 0 Å². The fraction of sp³-hybridized carbons (Fsp3) is 0.130. The third-order valence-electron chi connectivity index (χ3n) is 4.27. The van der Waals surface area contributed by atoms with E-state index in [1.807, 2.05) is 30.3 Å². The minimum absolute atomic E-state index is 0.0484. The number of ketones is 1. The Kier molecular flexibility index (Phi) is 7.54. The number of nitrogens with one attached hydrogen (secondary N) is 1. The van der Waals surface area contributed by atoms with E-state index in [0.717, 1.165) is 9.37 Å². The normalized spacial score (nSPS) is 10.4. The minimum Gasteiger partial charge on any atom is -0.493 e. The maximum Gasteiger partial charge on any atom is 0.255 e. The molecule has 0 spiro atoms. The van der Waals surface area contributed by atoms with E-state index in [4.69, 9.17) is 9.47 Å². The predicted molar refractivity (Wildman–Crippen MR) is 123 cm³/mol. The van der Waals surface area contributed by atoms with Crippen molar-refractivity contribution in [2.24, 2.45) is 0 Å². The lowest BCUT2D eigenvalue weighted by molar-refractivity contribution is 0.101. The van der Waals surface area contributed by atoms with Crippen LogP contribution < -0.4 is 14.8 Å². The monoisotopic (exact) mass is 485 g/mol. The number of rotatable bonds is 8. The van der Waals surface area contributed by atoms with Crippen LogP contribution in [0.15, 0.2) is 76.1 Å². The topological polar surface area (TPSA) is 64.6 Å². The molecule has 0 aromatic heterocycles. The highest BCUT2D eigenvalue weighted by atomic mass is 79.9. The Morgan fingerprint density at radius 2 is 1.60 bits per heavy atom. The summed E-state index contributed by atoms with van der Waals surface area (Å²) in [6.45, 7) is 0. The molecule has 0 unspecified atom stereocenters. The molecule has 0 bridgehead atoms. The highest BCUT2D eigenvalue weighted by Crippen LogP contribution is 2.28. The van der Waals surface area contributed by atoms with Gasteiger partial charge in [-0.2, -0.15) is 0 Å². The largest absolute Gasteiger partial charge is 0.493 e. The lowest BCUT2D eigenvalue weighted by Gasteiger charge is -2.10. The van der Waals surface area contributed by atoms with Crippen LogP contribution in [0.25, 0.3) is 0 Å². The lowest BCUT2D eigenvalue weighted by atomic mass is 10.2. The third kappa shape index (κ3) is 5.64. The van der Waals surface area contributed by atoms with Gasteiger partial charge in [-0.3, -0.25) is 9.59 Å². The molecule has 0 heterocycles. The van der Waals surface area contributed by atoms with Crippen molar-refractivity contribution in [1.82, 2.24) is 0 Å². The molecular weight excluding hydrogens is 466 g/mol. The van der Waals surface area contributed by atoms with Crippen LogP contribution in [0.2, 0.25) is 0 Å². The van der Waals surface area contributed by atoms with Crippen molar-refractivity contribution in [2.45, 2.75) is 4.90 Å². The predicted octanol–water partition coefficient (Wildman–Crippen LogP) is 5.69. The zero-order valence-electron chi connectivity index (χ0n) is 16.5. The standard InChI is InChI=1S/C23H20BrNO4S/c1-28-21-11-8-16(12-22(21)29-2)23(27)25-18-4-3-5-19(13-18)30-14-20(26)15-6-9-17(24)10-7-15/h3-13H,14H2,1-2H3,(H,25,27). The molecule has 3 aromatic carbocycles. The lowest BCUT2D eigenvalue weighted by Crippen LogP contribution is -2.12. The molecule has 0 radical (unpaired) electrons. The van der Waals surface area contributed by atoms with Crippen molar-refractivity contribution < 1.29 is 19.1 Å². The van der Waals surface area contributed by atoms with Gasteiger partial charge in [-0.1, -0.05) is 34.1 Å². The number of thioether (sulfide) groups is 1. The molecule has 0 aliphatic rings. The molecule has 0 atom stereocenters. The molecule has 5 nitrogen and oxygen atoms in total. The maximum absolute atomic E-state index is 12.6. The van der Waals surface area contributed by atoms with E-state index in [2.05, 4.69) is 21.2 Å². The molecule has 0 aliphatic heterocycles. The summed E-state index contributed by atoms with van der Waals surface area (Å²) in [7, 11) is 3.07. The molecule has 0 saturated heterocycles. The van der Waals surface area contributed by atoms with Gasteiger partial charge >= 0.3 is 0 Å². The molecule has 7 heteroatoms. The van der Waals surface area contributed by atoms with Gasteiger partial charge in [-0.05, 0) is 48.5 Å². The van der Waals surface area contributed by atoms with Gasteiger partial charge in [-0.15, -0.1) is 11.8 Å². The SMILES string of the molecule is COc1ccc(C(=O)Nc2cccc(SCC(=O)c3ccc(Br)cc3)c2)cc1OC. The number of amides is 1. The van der Waals surface area contributed by atoms with Gasteiger partial charge in [0, 0.05) is 26.2 Å². The Bertz CT molecular complexity index is 1050. The van der Waals surface area contributed by atoms with Gasteiger partial charge in [0.15, 0.2) is 17.3 Å². The summed E-state index contributed by atoms with van der Waals surface area (Å²) < 4.78 is 11.4. The number of ether oxygens (including phenoxy) is 2. The van der Waals surface area contributed by atoms with Crippen LogP contribution in [0, 0.1) is 0 Å². The van der Waals surface area contributed by atoms with Gasteiger partial charge in [0.1, 0.15) is 0 Å². The number of benzene rings is 3. The maximum atomic E-state index is 12.6. The van der Waals surface area contributed by atoms with Gasteiger partial charge in [0.25, 0.3) is 5.91 Å². The summed E-state index contributed by atoms with van der Waals surface area (Å²) >= 11 is 4.79. The first-order valence-corrected chi connectivity index (χ1v) is 10.8. The van der Waals surface area contributed by atoms with Crippen LogP contribution in [0.3, 0.4) is 0 Å². The van der Waals surface area contributed by atoms with Crippen molar-refractivity contribution in [3.63, 3.8) is 0 Å². The van der Waals surface area contributed by atoms with Crippen LogP contribution in [0.1, 0.15) is 20.7 Å². The fourth-order valence-corrected chi connectivity index (χ4v) is 3.83. The van der Waals surface area contributed by atoms with E-state index in [1.54, 1.807) is 43.5 Å². The summed E-state index contributed by atoms with van der Waals surface area (Å²) in [5.41, 5.74) is 1.77. The number of carbonyl (C=O) groups excluding carboxylic acids is 2. The van der Waals surface area contributed by atoms with Crippen molar-refractivity contribution in [2.75, 3.05) is 25.3 Å². The number of hydrogen-bond acceptors (Lipinski definition) is 5. The zero-order chi connectivity index (χ0) is 21.5. The number of Topliss-reactive ketones (excluding diaryl/α,β-unsaturated/α-hetero) is 1. The highest BCUT2D eigenvalue weighted by Gasteiger charge is 2.12. The minimum atomic E-state index is -0.260. The first-order chi connectivity index (χ1) is 14.5. The molecule has 3 rings (SSSR count). The number of halogens is 1. The van der Waals surface area contributed by atoms with E-state index < -0.39 is 0 Å². The molecule has 0 fully saturated rings. The molecule has 0 aliphatic carbocycles. The average Bonchev–Trinajstić information content (AvgIpc) is 2.77. The van der Waals surface area contributed by atoms with E-state index in [9.17, 15) is 9.59 Å². The molecule has 30 heavy (non-hydrogen) atoms. The van der Waals surface area contributed by atoms with Gasteiger partial charge in [0.05, 0.1) is 20.0 Å². The Hall–Kier alpha value is -2.77. The van der Waals surface area contributed by atoms with E-state index >= 15 is 0 Å². The first kappa shape index (κ1) is 21.9. The number of methoxy groups -OCH3 is 2. The number of anilines is 1. The summed E-state index contributed by atoms with van der Waals surface area (Å²) in [6.07, 6.45) is 0. The number of hydrogen-bond donors (Lipinski definition) is 1. The van der Waals surface area contributed by atoms with Gasteiger partial charge in [-0.25, -0.2) is 0 Å². The molecule has 0 saturated carbocycles. The van der Waals surface area contributed by atoms with Crippen molar-refractivity contribution in [3.8, 4) is 11.5 Å². The van der Waals surface area contributed by atoms with Crippen molar-refractivity contribution in [3.05, 3.63) is 82.3 Å². The highest BCUT2D eigenvalue weighted by molar-refractivity contribution is 9.10. The Labute approximate surface area is 187 Å². The van der Waals surface area contributed by atoms with Crippen molar-refractivity contribution >= 4 is 45.1 Å². The summed E-state index contributed by atoms with van der Waals surface area (Å²) in [4.78, 5) is 25.9. The quantitative estimate of drug-likeness (QED) is 0.327. The summed E-state index contributed by atoms with van der Waals surface area (Å²) in [6, 6.07) is 19.7. The Balaban J connectivity index is 1.64. The molecule has 154 valence electrons. The second-order valence-electron chi connectivity index (χ2n) is 6.27. The molecule has 1 N–H and O–H groups in total. The smallest absolute Gasteiger partial charge is 0.255 e. The van der Waals surface area contributed by atoms with E-state index in [1.165, 1.54) is 18.9 Å². The molecule has 1 amide bonds. The van der Waals surface area contributed by atoms with E-state index in [-0.39, 0.29) is 11.7 Å². The van der Waals surface area contributed by atoms with E-state index in [0.29, 0.717) is 34.1 Å². The van der Waals surface area contributed by atoms with Crippen LogP contribution in [-0.4, -0.2) is 31.7 Å². The molecular formula is C23H20BrNO4S. The van der Waals surface area contributed by atoms with Crippen LogP contribution in [0.5, 0.6) is 11.5 Å². The van der Waals surface area contributed by atoms with Gasteiger partial charge < -0.3 is 14.8 Å². The second-order valence-corrected chi connectivity index (χ2v) is 8.23. The fourth-order valence-electron chi connectivity index (χ4n) is 2.71. The summed E-state index contributed by atoms with van der Waals surface area (Å²) in [5.74, 6) is 1.15. The Morgan fingerprint density at radius 1 is 0.900 bits per heavy atom. The number of carbonyl (C=O) groups is 2. The second kappa shape index (κ2) is 10.3. The third-order valence-corrected chi connectivity index (χ3v) is 5.80. The summed E-state index contributed by atoms with van der Waals surface area (Å²) in [5, 5.41) is 2.87. The van der Waals surface area contributed by atoms with Crippen LogP contribution in [-0.2, 0) is 0 Å².